The maximum Gasteiger partial charge on any atom is 0.501 e. The molecular weight excluding hydrogens is 305 g/mol. The van der Waals surface area contributed by atoms with Gasteiger partial charge in [0.2, 0.25) is 0 Å². The molecule has 2 N–H and O–H groups in total. The summed E-state index contributed by atoms with van der Waals surface area (Å²) in [6.45, 7) is 0.484. The van der Waals surface area contributed by atoms with Crippen molar-refractivity contribution in [1.29, 1.82) is 0 Å². The molecule has 0 radical (unpaired) electrons. The van der Waals surface area contributed by atoms with Crippen LogP contribution >= 0.6 is 0 Å². The molecule has 118 valence electrons. The molecule has 21 heavy (non-hydrogen) atoms. The Balaban J connectivity index is 2.29. The van der Waals surface area contributed by atoms with Gasteiger partial charge in [0.15, 0.2) is 0 Å². The maximum atomic E-state index is 12.7. The Labute approximate surface area is 121 Å². The highest BCUT2D eigenvalue weighted by molar-refractivity contribution is 7.92. The number of nitrogens with two attached hydrogens (primary N) is 1. The molecular formula is C13H17F3N2O2S. The summed E-state index contributed by atoms with van der Waals surface area (Å²) < 4.78 is 61.4. The van der Waals surface area contributed by atoms with Crippen LogP contribution in [0.25, 0.3) is 0 Å². The smallest absolute Gasteiger partial charge is 0.373 e. The Kier molecular flexibility index (Phi) is 4.21. The van der Waals surface area contributed by atoms with Crippen molar-refractivity contribution in [2.24, 2.45) is 11.7 Å². The van der Waals surface area contributed by atoms with Crippen molar-refractivity contribution in [2.75, 3.05) is 18.5 Å². The third-order valence-corrected chi connectivity index (χ3v) is 5.21. The normalized spacial score (nSPS) is 22.7. The van der Waals surface area contributed by atoms with E-state index in [0.29, 0.717) is 6.54 Å². The van der Waals surface area contributed by atoms with Gasteiger partial charge in [0.05, 0.1) is 10.6 Å². The van der Waals surface area contributed by atoms with E-state index < -0.39 is 20.2 Å². The summed E-state index contributed by atoms with van der Waals surface area (Å²) in [6.07, 6.45) is 1.61. The number of alkyl halides is 3. The van der Waals surface area contributed by atoms with Crippen LogP contribution in [0.15, 0.2) is 29.2 Å². The van der Waals surface area contributed by atoms with E-state index in [1.165, 1.54) is 18.2 Å². The van der Waals surface area contributed by atoms with Gasteiger partial charge in [-0.25, -0.2) is 8.42 Å². The zero-order valence-electron chi connectivity index (χ0n) is 11.5. The molecule has 1 aromatic carbocycles. The minimum absolute atomic E-state index is 0.0651. The number of hydrogen-bond donors (Lipinski definition) is 1. The summed E-state index contributed by atoms with van der Waals surface area (Å²) in [5.74, 6) is 0.284. The monoisotopic (exact) mass is 322 g/mol. The molecule has 4 nitrogen and oxygen atoms in total. The molecule has 0 amide bonds. The van der Waals surface area contributed by atoms with Crippen LogP contribution in [0, 0.1) is 5.92 Å². The first-order chi connectivity index (χ1) is 9.63. The molecule has 0 heterocycles. The number of sulfone groups is 1. The molecule has 1 aliphatic carbocycles. The molecule has 0 aliphatic heterocycles. The van der Waals surface area contributed by atoms with Crippen LogP contribution < -0.4 is 10.6 Å². The van der Waals surface area contributed by atoms with E-state index in [0.717, 1.165) is 18.9 Å². The number of nitrogens with zero attached hydrogens (tertiary/aromatic N) is 1. The molecule has 0 unspecified atom stereocenters. The van der Waals surface area contributed by atoms with E-state index in [1.54, 1.807) is 11.9 Å². The van der Waals surface area contributed by atoms with E-state index in [1.807, 2.05) is 0 Å². The van der Waals surface area contributed by atoms with E-state index in [-0.39, 0.29) is 17.6 Å². The van der Waals surface area contributed by atoms with Gasteiger partial charge in [-0.15, -0.1) is 0 Å². The number of halogens is 3. The lowest BCUT2D eigenvalue weighted by Gasteiger charge is -2.36. The van der Waals surface area contributed by atoms with Crippen molar-refractivity contribution in [1.82, 2.24) is 0 Å². The summed E-state index contributed by atoms with van der Waals surface area (Å²) in [6, 6.07) is 5.32. The Morgan fingerprint density at radius 2 is 1.86 bits per heavy atom. The van der Waals surface area contributed by atoms with Crippen molar-refractivity contribution in [2.45, 2.75) is 29.3 Å². The number of benzene rings is 1. The van der Waals surface area contributed by atoms with Crippen molar-refractivity contribution < 1.29 is 21.6 Å². The minimum Gasteiger partial charge on any atom is -0.373 e. The lowest BCUT2D eigenvalue weighted by molar-refractivity contribution is -0.0435. The summed E-state index contributed by atoms with van der Waals surface area (Å²) >= 11 is 0. The number of para-hydroxylation sites is 1. The summed E-state index contributed by atoms with van der Waals surface area (Å²) in [5, 5.41) is 0. The second-order valence-electron chi connectivity index (χ2n) is 5.39. The van der Waals surface area contributed by atoms with Crippen LogP contribution in [0.2, 0.25) is 0 Å². The maximum absolute atomic E-state index is 12.7. The predicted octanol–water partition coefficient (Wildman–Crippen LogP) is 2.15. The number of rotatable bonds is 4. The van der Waals surface area contributed by atoms with Gasteiger partial charge in [-0.05, 0) is 30.9 Å². The highest BCUT2D eigenvalue weighted by Gasteiger charge is 2.48. The first kappa shape index (κ1) is 16.1. The molecule has 0 bridgehead atoms. The molecule has 1 aliphatic rings. The van der Waals surface area contributed by atoms with Gasteiger partial charge >= 0.3 is 5.51 Å². The standard InChI is InChI=1S/C13H17F3N2O2S/c1-18(8-9-6-10(17)7-9)11-4-2-3-5-12(11)21(19,20)13(14,15)16/h2-5,9-10H,6-8,17H2,1H3. The van der Waals surface area contributed by atoms with Crippen molar-refractivity contribution in [3.63, 3.8) is 0 Å². The van der Waals surface area contributed by atoms with Gasteiger partial charge in [0.1, 0.15) is 0 Å². The third-order valence-electron chi connectivity index (χ3n) is 3.67. The molecule has 1 aromatic rings. The average Bonchev–Trinajstić information content (AvgIpc) is 2.35. The van der Waals surface area contributed by atoms with Crippen LogP contribution in [0.1, 0.15) is 12.8 Å². The summed E-state index contributed by atoms with van der Waals surface area (Å²) in [4.78, 5) is 0.846. The Bertz CT molecular complexity index is 610. The fraction of sp³-hybridized carbons (Fsp3) is 0.538. The largest absolute Gasteiger partial charge is 0.501 e. The zero-order valence-corrected chi connectivity index (χ0v) is 12.3. The van der Waals surface area contributed by atoms with Crippen LogP contribution in [0.3, 0.4) is 0 Å². The van der Waals surface area contributed by atoms with Gasteiger partial charge in [-0.2, -0.15) is 13.2 Å². The molecule has 0 saturated heterocycles. The lowest BCUT2D eigenvalue weighted by Crippen LogP contribution is -2.42. The lowest BCUT2D eigenvalue weighted by atomic mass is 9.80. The first-order valence-corrected chi connectivity index (χ1v) is 7.98. The fourth-order valence-electron chi connectivity index (χ4n) is 2.55. The van der Waals surface area contributed by atoms with E-state index in [2.05, 4.69) is 0 Å². The SMILES string of the molecule is CN(CC1CC(N)C1)c1ccccc1S(=O)(=O)C(F)(F)F. The third kappa shape index (κ3) is 3.16. The Morgan fingerprint density at radius 3 is 2.38 bits per heavy atom. The molecule has 1 fully saturated rings. The molecule has 0 atom stereocenters. The quantitative estimate of drug-likeness (QED) is 0.922. The van der Waals surface area contributed by atoms with Crippen LogP contribution in [-0.4, -0.2) is 33.6 Å². The predicted molar refractivity (Wildman–Crippen MR) is 73.7 cm³/mol. The second kappa shape index (κ2) is 5.49. The van der Waals surface area contributed by atoms with Gasteiger partial charge in [0.25, 0.3) is 9.84 Å². The molecule has 8 heteroatoms. The van der Waals surface area contributed by atoms with Gasteiger partial charge in [-0.3, -0.25) is 0 Å². The fourth-order valence-corrected chi connectivity index (χ4v) is 3.55. The Morgan fingerprint density at radius 1 is 1.29 bits per heavy atom. The summed E-state index contributed by atoms with van der Waals surface area (Å²) in [5.41, 5.74) is 0.439. The second-order valence-corrected chi connectivity index (χ2v) is 7.30. The zero-order chi connectivity index (χ0) is 15.8. The molecule has 1 saturated carbocycles. The van der Waals surface area contributed by atoms with Crippen molar-refractivity contribution >= 4 is 15.5 Å². The molecule has 0 spiro atoms. The van der Waals surface area contributed by atoms with E-state index in [4.69, 9.17) is 5.73 Å². The molecule has 2 rings (SSSR count). The van der Waals surface area contributed by atoms with Crippen LogP contribution in [-0.2, 0) is 9.84 Å². The number of hydrogen-bond acceptors (Lipinski definition) is 4. The minimum atomic E-state index is -5.35. The van der Waals surface area contributed by atoms with Gasteiger partial charge in [0, 0.05) is 19.6 Å². The van der Waals surface area contributed by atoms with Crippen molar-refractivity contribution in [3.8, 4) is 0 Å². The average molecular weight is 322 g/mol. The molecule has 0 aromatic heterocycles. The van der Waals surface area contributed by atoms with Gasteiger partial charge < -0.3 is 10.6 Å². The topological polar surface area (TPSA) is 63.4 Å². The van der Waals surface area contributed by atoms with E-state index in [9.17, 15) is 21.6 Å². The van der Waals surface area contributed by atoms with Gasteiger partial charge in [-0.1, -0.05) is 12.1 Å². The van der Waals surface area contributed by atoms with E-state index >= 15 is 0 Å². The Hall–Kier alpha value is -1.28. The van der Waals surface area contributed by atoms with Crippen LogP contribution in [0.5, 0.6) is 0 Å². The number of anilines is 1. The first-order valence-electron chi connectivity index (χ1n) is 6.50. The highest BCUT2D eigenvalue weighted by Crippen LogP contribution is 2.36. The van der Waals surface area contributed by atoms with Crippen LogP contribution in [0.4, 0.5) is 18.9 Å². The summed E-state index contributed by atoms with van der Waals surface area (Å²) in [7, 11) is -3.76. The van der Waals surface area contributed by atoms with Crippen molar-refractivity contribution in [3.05, 3.63) is 24.3 Å². The highest BCUT2D eigenvalue weighted by atomic mass is 32.2.